The Balaban J connectivity index is 1.70. The molecular formula is C15H17N7O. The van der Waals surface area contributed by atoms with E-state index < -0.39 is 0 Å². The fourth-order valence-corrected chi connectivity index (χ4v) is 2.16. The lowest BCUT2D eigenvalue weighted by Gasteiger charge is -2.08. The molecule has 0 aliphatic rings. The summed E-state index contributed by atoms with van der Waals surface area (Å²) in [6.07, 6.45) is 5.26. The number of rotatable bonds is 3. The third-order valence-corrected chi connectivity index (χ3v) is 3.37. The maximum Gasteiger partial charge on any atom is 0.324 e. The molecule has 118 valence electrons. The average molecular weight is 311 g/mol. The van der Waals surface area contributed by atoms with Gasteiger partial charge in [-0.15, -0.1) is 0 Å². The van der Waals surface area contributed by atoms with Gasteiger partial charge in [0, 0.05) is 43.1 Å². The van der Waals surface area contributed by atoms with E-state index in [-0.39, 0.29) is 6.03 Å². The first kappa shape index (κ1) is 14.8. The SMILES string of the molecule is Cc1cc(NC(=O)Nc2cc(-c3nccn3C)[nH]n2)c(C)cn1. The number of aromatic amines is 1. The number of pyridine rings is 1. The van der Waals surface area contributed by atoms with Gasteiger partial charge in [-0.2, -0.15) is 5.10 Å². The number of aryl methyl sites for hydroxylation is 3. The number of nitrogens with one attached hydrogen (secondary N) is 3. The Morgan fingerprint density at radius 2 is 2.04 bits per heavy atom. The molecule has 0 saturated carbocycles. The zero-order valence-corrected chi connectivity index (χ0v) is 13.1. The van der Waals surface area contributed by atoms with E-state index in [0.717, 1.165) is 28.5 Å². The van der Waals surface area contributed by atoms with Crippen LogP contribution in [0.3, 0.4) is 0 Å². The van der Waals surface area contributed by atoms with Crippen molar-refractivity contribution in [2.24, 2.45) is 7.05 Å². The number of carbonyl (C=O) groups is 1. The summed E-state index contributed by atoms with van der Waals surface area (Å²) in [5.41, 5.74) is 3.17. The fraction of sp³-hybridized carbons (Fsp3) is 0.200. The molecular weight excluding hydrogens is 294 g/mol. The Labute approximate surface area is 133 Å². The molecule has 0 atom stereocenters. The first-order valence-electron chi connectivity index (χ1n) is 7.07. The number of H-pyrrole nitrogens is 1. The molecule has 0 aliphatic heterocycles. The van der Waals surface area contributed by atoms with Crippen LogP contribution in [0.5, 0.6) is 0 Å². The lowest BCUT2D eigenvalue weighted by molar-refractivity contribution is 0.262. The molecule has 2 amide bonds. The molecule has 0 unspecified atom stereocenters. The summed E-state index contributed by atoms with van der Waals surface area (Å²) in [6, 6.07) is 3.18. The van der Waals surface area contributed by atoms with Crippen molar-refractivity contribution in [2.45, 2.75) is 13.8 Å². The molecule has 3 aromatic rings. The van der Waals surface area contributed by atoms with Crippen LogP contribution in [0, 0.1) is 13.8 Å². The smallest absolute Gasteiger partial charge is 0.324 e. The average Bonchev–Trinajstić information content (AvgIpc) is 3.11. The van der Waals surface area contributed by atoms with Crippen molar-refractivity contribution < 1.29 is 4.79 Å². The van der Waals surface area contributed by atoms with Gasteiger partial charge in [0.1, 0.15) is 5.69 Å². The van der Waals surface area contributed by atoms with Crippen LogP contribution >= 0.6 is 0 Å². The molecule has 0 spiro atoms. The van der Waals surface area contributed by atoms with Crippen molar-refractivity contribution in [3.8, 4) is 11.5 Å². The summed E-state index contributed by atoms with van der Waals surface area (Å²) in [7, 11) is 1.89. The number of hydrogen-bond acceptors (Lipinski definition) is 4. The Morgan fingerprint density at radius 3 is 2.78 bits per heavy atom. The van der Waals surface area contributed by atoms with Crippen molar-refractivity contribution in [2.75, 3.05) is 10.6 Å². The van der Waals surface area contributed by atoms with Gasteiger partial charge >= 0.3 is 6.03 Å². The second-order valence-corrected chi connectivity index (χ2v) is 5.25. The minimum absolute atomic E-state index is 0.364. The van der Waals surface area contributed by atoms with Gasteiger partial charge in [0.05, 0.1) is 0 Å². The number of carbonyl (C=O) groups excluding carboxylic acids is 1. The summed E-state index contributed by atoms with van der Waals surface area (Å²) < 4.78 is 1.86. The van der Waals surface area contributed by atoms with Crippen LogP contribution in [0.1, 0.15) is 11.3 Å². The van der Waals surface area contributed by atoms with Crippen LogP contribution in [0.2, 0.25) is 0 Å². The van der Waals surface area contributed by atoms with E-state index in [2.05, 4.69) is 30.8 Å². The van der Waals surface area contributed by atoms with Crippen molar-refractivity contribution in [1.82, 2.24) is 24.7 Å². The molecule has 3 heterocycles. The zero-order chi connectivity index (χ0) is 16.4. The highest BCUT2D eigenvalue weighted by molar-refractivity contribution is 5.99. The van der Waals surface area contributed by atoms with Crippen molar-refractivity contribution in [3.05, 3.63) is 42.0 Å². The summed E-state index contributed by atoms with van der Waals surface area (Å²) in [5, 5.41) is 12.4. The number of anilines is 2. The van der Waals surface area contributed by atoms with Crippen LogP contribution in [0.25, 0.3) is 11.5 Å². The number of urea groups is 1. The van der Waals surface area contributed by atoms with Gasteiger partial charge in [0.25, 0.3) is 0 Å². The van der Waals surface area contributed by atoms with Crippen molar-refractivity contribution in [1.29, 1.82) is 0 Å². The van der Waals surface area contributed by atoms with Crippen LogP contribution in [-0.4, -0.2) is 30.8 Å². The topological polar surface area (TPSA) is 101 Å². The molecule has 0 radical (unpaired) electrons. The van der Waals surface area contributed by atoms with Gasteiger partial charge in [-0.1, -0.05) is 0 Å². The van der Waals surface area contributed by atoms with Gasteiger partial charge in [-0.25, -0.2) is 9.78 Å². The van der Waals surface area contributed by atoms with Crippen LogP contribution in [-0.2, 0) is 7.05 Å². The maximum absolute atomic E-state index is 12.1. The molecule has 8 nitrogen and oxygen atoms in total. The molecule has 8 heteroatoms. The van der Waals surface area contributed by atoms with E-state index in [9.17, 15) is 4.79 Å². The van der Waals surface area contributed by atoms with Crippen LogP contribution < -0.4 is 10.6 Å². The zero-order valence-electron chi connectivity index (χ0n) is 13.1. The van der Waals surface area contributed by atoms with Crippen molar-refractivity contribution in [3.63, 3.8) is 0 Å². The lowest BCUT2D eigenvalue weighted by atomic mass is 10.2. The minimum atomic E-state index is -0.364. The third-order valence-electron chi connectivity index (χ3n) is 3.37. The molecule has 3 rings (SSSR count). The number of imidazole rings is 1. The molecule has 0 fully saturated rings. The number of nitrogens with zero attached hydrogens (tertiary/aromatic N) is 4. The fourth-order valence-electron chi connectivity index (χ4n) is 2.16. The lowest BCUT2D eigenvalue weighted by Crippen LogP contribution is -2.20. The van der Waals surface area contributed by atoms with Crippen molar-refractivity contribution >= 4 is 17.5 Å². The van der Waals surface area contributed by atoms with Gasteiger partial charge < -0.3 is 9.88 Å². The molecule has 3 N–H and O–H groups in total. The van der Waals surface area contributed by atoms with E-state index in [1.54, 1.807) is 18.5 Å². The monoisotopic (exact) mass is 311 g/mol. The predicted molar refractivity (Wildman–Crippen MR) is 87.1 cm³/mol. The highest BCUT2D eigenvalue weighted by Gasteiger charge is 2.11. The predicted octanol–water partition coefficient (Wildman–Crippen LogP) is 2.47. The van der Waals surface area contributed by atoms with E-state index in [4.69, 9.17) is 0 Å². The normalized spacial score (nSPS) is 10.6. The molecule has 23 heavy (non-hydrogen) atoms. The summed E-state index contributed by atoms with van der Waals surface area (Å²) in [5.74, 6) is 1.16. The molecule has 0 aliphatic carbocycles. The summed E-state index contributed by atoms with van der Waals surface area (Å²) >= 11 is 0. The quantitative estimate of drug-likeness (QED) is 0.691. The van der Waals surface area contributed by atoms with Gasteiger partial charge in [0.15, 0.2) is 11.6 Å². The first-order valence-corrected chi connectivity index (χ1v) is 7.07. The van der Waals surface area contributed by atoms with Crippen LogP contribution in [0.15, 0.2) is 30.7 Å². The maximum atomic E-state index is 12.1. The Hall–Kier alpha value is -3.16. The Kier molecular flexibility index (Phi) is 3.80. The molecule has 0 aromatic carbocycles. The molecule has 3 aromatic heterocycles. The number of amides is 2. The minimum Gasteiger partial charge on any atom is -0.333 e. The Morgan fingerprint density at radius 1 is 1.22 bits per heavy atom. The molecule has 0 bridgehead atoms. The number of aromatic nitrogens is 5. The van der Waals surface area contributed by atoms with E-state index in [0.29, 0.717) is 5.82 Å². The highest BCUT2D eigenvalue weighted by atomic mass is 16.2. The third kappa shape index (κ3) is 3.20. The molecule has 0 saturated heterocycles. The summed E-state index contributed by atoms with van der Waals surface area (Å²) in [4.78, 5) is 20.5. The first-order chi connectivity index (χ1) is 11.0. The van der Waals surface area contributed by atoms with Crippen LogP contribution in [0.4, 0.5) is 16.3 Å². The van der Waals surface area contributed by atoms with Gasteiger partial charge in [0.2, 0.25) is 0 Å². The van der Waals surface area contributed by atoms with E-state index >= 15 is 0 Å². The number of hydrogen-bond donors (Lipinski definition) is 3. The Bertz CT molecular complexity index is 849. The standard InChI is InChI=1S/C15H17N7O/c1-9-8-17-10(2)6-11(9)18-15(23)19-13-7-12(20-21-13)14-16-4-5-22(14)3/h4-8H,1-3H3,(H3,17,18,19,20,21,23). The largest absolute Gasteiger partial charge is 0.333 e. The van der Waals surface area contributed by atoms with E-state index in [1.807, 2.05) is 37.7 Å². The second-order valence-electron chi connectivity index (χ2n) is 5.25. The summed E-state index contributed by atoms with van der Waals surface area (Å²) in [6.45, 7) is 3.76. The van der Waals surface area contributed by atoms with E-state index in [1.165, 1.54) is 0 Å². The second kappa shape index (κ2) is 5.91. The van der Waals surface area contributed by atoms with Gasteiger partial charge in [-0.05, 0) is 25.5 Å². The van der Waals surface area contributed by atoms with Gasteiger partial charge in [-0.3, -0.25) is 15.4 Å². The highest BCUT2D eigenvalue weighted by Crippen LogP contribution is 2.18.